The molecule has 1 saturated carbocycles. The van der Waals surface area contributed by atoms with E-state index in [4.69, 9.17) is 5.11 Å². The van der Waals surface area contributed by atoms with Crippen molar-refractivity contribution in [2.45, 2.75) is 38.3 Å². The van der Waals surface area contributed by atoms with E-state index in [0.717, 1.165) is 43.3 Å². The predicted octanol–water partition coefficient (Wildman–Crippen LogP) is 2.29. The molecule has 0 spiro atoms. The van der Waals surface area contributed by atoms with Crippen LogP contribution in [-0.4, -0.2) is 31.8 Å². The maximum Gasteiger partial charge on any atom is 0.335 e. The SMILES string of the molecule is O=C(O)c1ccc2ncn(CC3CCCC(O)C3)c2c1. The second-order valence-corrected chi connectivity index (χ2v) is 5.59. The molecule has 3 rings (SSSR count). The van der Waals surface area contributed by atoms with Gasteiger partial charge in [-0.05, 0) is 43.4 Å². The van der Waals surface area contributed by atoms with Crippen molar-refractivity contribution in [1.82, 2.24) is 9.55 Å². The zero-order valence-corrected chi connectivity index (χ0v) is 11.2. The monoisotopic (exact) mass is 274 g/mol. The molecular weight excluding hydrogens is 256 g/mol. The molecule has 106 valence electrons. The summed E-state index contributed by atoms with van der Waals surface area (Å²) < 4.78 is 2.00. The smallest absolute Gasteiger partial charge is 0.335 e. The van der Waals surface area contributed by atoms with Crippen molar-refractivity contribution in [2.75, 3.05) is 0 Å². The van der Waals surface area contributed by atoms with Crippen LogP contribution in [0.15, 0.2) is 24.5 Å². The molecule has 1 aromatic carbocycles. The topological polar surface area (TPSA) is 75.3 Å². The van der Waals surface area contributed by atoms with E-state index in [1.165, 1.54) is 0 Å². The predicted molar refractivity (Wildman–Crippen MR) is 74.7 cm³/mol. The molecule has 1 heterocycles. The van der Waals surface area contributed by atoms with E-state index in [1.807, 2.05) is 4.57 Å². The molecule has 20 heavy (non-hydrogen) atoms. The van der Waals surface area contributed by atoms with Crippen LogP contribution in [0.25, 0.3) is 11.0 Å². The van der Waals surface area contributed by atoms with Gasteiger partial charge >= 0.3 is 5.97 Å². The summed E-state index contributed by atoms with van der Waals surface area (Å²) in [6, 6.07) is 4.99. The van der Waals surface area contributed by atoms with Crippen LogP contribution >= 0.6 is 0 Å². The number of hydrogen-bond acceptors (Lipinski definition) is 3. The Morgan fingerprint density at radius 1 is 1.40 bits per heavy atom. The van der Waals surface area contributed by atoms with Gasteiger partial charge in [0.05, 0.1) is 29.0 Å². The van der Waals surface area contributed by atoms with E-state index < -0.39 is 5.97 Å². The second-order valence-electron chi connectivity index (χ2n) is 5.59. The van der Waals surface area contributed by atoms with E-state index in [9.17, 15) is 9.90 Å². The van der Waals surface area contributed by atoms with E-state index >= 15 is 0 Å². The average molecular weight is 274 g/mol. The largest absolute Gasteiger partial charge is 0.478 e. The third kappa shape index (κ3) is 2.54. The Morgan fingerprint density at radius 2 is 2.25 bits per heavy atom. The van der Waals surface area contributed by atoms with Gasteiger partial charge in [0.25, 0.3) is 0 Å². The van der Waals surface area contributed by atoms with Crippen LogP contribution in [0.2, 0.25) is 0 Å². The highest BCUT2D eigenvalue weighted by molar-refractivity contribution is 5.92. The number of carbonyl (C=O) groups is 1. The molecule has 1 aromatic heterocycles. The van der Waals surface area contributed by atoms with E-state index in [1.54, 1.807) is 24.5 Å². The van der Waals surface area contributed by atoms with Gasteiger partial charge in [-0.25, -0.2) is 9.78 Å². The molecule has 5 nitrogen and oxygen atoms in total. The van der Waals surface area contributed by atoms with Crippen LogP contribution < -0.4 is 0 Å². The third-order valence-electron chi connectivity index (χ3n) is 4.08. The number of aliphatic hydroxyl groups excluding tert-OH is 1. The van der Waals surface area contributed by atoms with Crippen LogP contribution in [0.3, 0.4) is 0 Å². The summed E-state index contributed by atoms with van der Waals surface area (Å²) in [5.41, 5.74) is 1.94. The molecule has 2 N–H and O–H groups in total. The van der Waals surface area contributed by atoms with Gasteiger partial charge in [0, 0.05) is 6.54 Å². The highest BCUT2D eigenvalue weighted by atomic mass is 16.4. The van der Waals surface area contributed by atoms with Crippen molar-refractivity contribution in [3.8, 4) is 0 Å². The first-order valence-electron chi connectivity index (χ1n) is 7.00. The van der Waals surface area contributed by atoms with Crippen LogP contribution in [0.4, 0.5) is 0 Å². The van der Waals surface area contributed by atoms with Gasteiger partial charge in [-0.2, -0.15) is 0 Å². The molecule has 0 radical (unpaired) electrons. The first-order chi connectivity index (χ1) is 9.63. The number of imidazole rings is 1. The number of carboxylic acids is 1. The molecule has 1 aliphatic rings. The van der Waals surface area contributed by atoms with Gasteiger partial charge in [-0.15, -0.1) is 0 Å². The second kappa shape index (κ2) is 5.25. The summed E-state index contributed by atoms with van der Waals surface area (Å²) in [5.74, 6) is -0.489. The van der Waals surface area contributed by atoms with Crippen LogP contribution in [-0.2, 0) is 6.54 Å². The summed E-state index contributed by atoms with van der Waals surface area (Å²) in [4.78, 5) is 15.4. The van der Waals surface area contributed by atoms with Gasteiger partial charge in [0.15, 0.2) is 0 Å². The number of carboxylic acid groups (broad SMARTS) is 1. The molecular formula is C15H18N2O3. The third-order valence-corrected chi connectivity index (χ3v) is 4.08. The van der Waals surface area contributed by atoms with Gasteiger partial charge in [0.1, 0.15) is 0 Å². The summed E-state index contributed by atoms with van der Waals surface area (Å²) in [6.45, 7) is 0.788. The maximum absolute atomic E-state index is 11.0. The van der Waals surface area contributed by atoms with Crippen molar-refractivity contribution < 1.29 is 15.0 Å². The minimum atomic E-state index is -0.923. The Morgan fingerprint density at radius 3 is 3.00 bits per heavy atom. The molecule has 0 saturated heterocycles. The minimum Gasteiger partial charge on any atom is -0.478 e. The molecule has 2 aromatic rings. The van der Waals surface area contributed by atoms with Crippen molar-refractivity contribution in [1.29, 1.82) is 0 Å². The lowest BCUT2D eigenvalue weighted by Gasteiger charge is -2.26. The molecule has 0 aliphatic heterocycles. The molecule has 5 heteroatoms. The van der Waals surface area contributed by atoms with Crippen molar-refractivity contribution in [3.05, 3.63) is 30.1 Å². The standard InChI is InChI=1S/C15H18N2O3/c18-12-3-1-2-10(6-12)8-17-9-16-13-5-4-11(15(19)20)7-14(13)17/h4-5,7,9-10,12,18H,1-3,6,8H2,(H,19,20). The van der Waals surface area contributed by atoms with Crippen molar-refractivity contribution >= 4 is 17.0 Å². The van der Waals surface area contributed by atoms with E-state index in [2.05, 4.69) is 4.98 Å². The molecule has 0 amide bonds. The molecule has 1 aliphatic carbocycles. The van der Waals surface area contributed by atoms with E-state index in [0.29, 0.717) is 5.92 Å². The van der Waals surface area contributed by atoms with Crippen LogP contribution in [0, 0.1) is 5.92 Å². The quantitative estimate of drug-likeness (QED) is 0.900. The lowest BCUT2D eigenvalue weighted by Crippen LogP contribution is -2.22. The number of aromatic nitrogens is 2. The van der Waals surface area contributed by atoms with Gasteiger partial charge in [-0.3, -0.25) is 0 Å². The number of fused-ring (bicyclic) bond motifs is 1. The Bertz CT molecular complexity index is 635. The number of nitrogens with zero attached hydrogens (tertiary/aromatic N) is 2. The first-order valence-corrected chi connectivity index (χ1v) is 7.00. The van der Waals surface area contributed by atoms with Crippen LogP contribution in [0.1, 0.15) is 36.0 Å². The summed E-state index contributed by atoms with van der Waals surface area (Å²) in [7, 11) is 0. The molecule has 2 atom stereocenters. The lowest BCUT2D eigenvalue weighted by molar-refractivity contribution is 0.0697. The van der Waals surface area contributed by atoms with Crippen molar-refractivity contribution in [2.24, 2.45) is 5.92 Å². The fourth-order valence-corrected chi connectivity index (χ4v) is 3.04. The number of aliphatic hydroxyl groups is 1. The summed E-state index contributed by atoms with van der Waals surface area (Å²) in [5, 5.41) is 18.8. The van der Waals surface area contributed by atoms with E-state index in [-0.39, 0.29) is 11.7 Å². The van der Waals surface area contributed by atoms with Crippen LogP contribution in [0.5, 0.6) is 0 Å². The average Bonchev–Trinajstić information content (AvgIpc) is 2.81. The number of benzene rings is 1. The number of hydrogen-bond donors (Lipinski definition) is 2. The highest BCUT2D eigenvalue weighted by Gasteiger charge is 2.21. The summed E-state index contributed by atoms with van der Waals surface area (Å²) >= 11 is 0. The highest BCUT2D eigenvalue weighted by Crippen LogP contribution is 2.27. The zero-order valence-electron chi connectivity index (χ0n) is 11.2. The Kier molecular flexibility index (Phi) is 3.44. The molecule has 2 unspecified atom stereocenters. The Balaban J connectivity index is 1.87. The summed E-state index contributed by atoms with van der Waals surface area (Å²) in [6.07, 6.45) is 5.44. The number of rotatable bonds is 3. The van der Waals surface area contributed by atoms with Gasteiger partial charge in [-0.1, -0.05) is 6.42 Å². The van der Waals surface area contributed by atoms with Gasteiger partial charge < -0.3 is 14.8 Å². The normalized spacial score (nSPS) is 23.1. The molecule has 0 bridgehead atoms. The fourth-order valence-electron chi connectivity index (χ4n) is 3.04. The Labute approximate surface area is 116 Å². The lowest BCUT2D eigenvalue weighted by atomic mass is 9.87. The minimum absolute atomic E-state index is 0.196. The fraction of sp³-hybridized carbons (Fsp3) is 0.467. The maximum atomic E-state index is 11.0. The van der Waals surface area contributed by atoms with Gasteiger partial charge in [0.2, 0.25) is 0 Å². The molecule has 1 fully saturated rings. The first kappa shape index (κ1) is 13.1. The van der Waals surface area contributed by atoms with Crippen molar-refractivity contribution in [3.63, 3.8) is 0 Å². The number of aromatic carboxylic acids is 1. The Hall–Kier alpha value is -1.88. The zero-order chi connectivity index (χ0) is 14.1.